The van der Waals surface area contributed by atoms with Crippen molar-refractivity contribution in [3.05, 3.63) is 139 Å². The average Bonchev–Trinajstić information content (AvgIpc) is 3.35. The summed E-state index contributed by atoms with van der Waals surface area (Å²) in [5, 5.41) is 7.34. The molecule has 0 atom stereocenters. The van der Waals surface area contributed by atoms with Crippen LogP contribution in [0.1, 0.15) is 5.82 Å². The topological polar surface area (TPSA) is 30.7 Å². The van der Waals surface area contributed by atoms with Crippen molar-refractivity contribution in [2.45, 2.75) is 6.92 Å². The summed E-state index contributed by atoms with van der Waals surface area (Å²) in [6.45, 7) is 2.04. The van der Waals surface area contributed by atoms with Gasteiger partial charge in [-0.15, -0.1) is 0 Å². The van der Waals surface area contributed by atoms with Gasteiger partial charge in [0.2, 0.25) is 0 Å². The molecule has 0 saturated carbocycles. The maximum Gasteiger partial charge on any atom is 0.139 e. The van der Waals surface area contributed by atoms with Gasteiger partial charge in [-0.05, 0) is 80.7 Å². The molecule has 3 heteroatoms. The zero-order valence-corrected chi connectivity index (χ0v) is 22.0. The van der Waals surface area contributed by atoms with Gasteiger partial charge in [0, 0.05) is 5.56 Å². The fourth-order valence-electron chi connectivity index (χ4n) is 6.18. The van der Waals surface area contributed by atoms with E-state index >= 15 is 0 Å². The number of hydrogen-bond donors (Lipinski definition) is 0. The molecule has 0 aliphatic carbocycles. The summed E-state index contributed by atoms with van der Waals surface area (Å²) < 4.78 is 2.15. The van der Waals surface area contributed by atoms with Crippen molar-refractivity contribution < 1.29 is 0 Å². The second-order valence-corrected chi connectivity index (χ2v) is 10.3. The number of imidazole rings is 1. The molecule has 0 spiro atoms. The second kappa shape index (κ2) is 8.89. The number of rotatable bonds is 3. The van der Waals surface area contributed by atoms with E-state index in [1.54, 1.807) is 0 Å². The highest BCUT2D eigenvalue weighted by atomic mass is 15.1. The van der Waals surface area contributed by atoms with Crippen molar-refractivity contribution in [2.75, 3.05) is 0 Å². The first kappa shape index (κ1) is 22.7. The van der Waals surface area contributed by atoms with Crippen LogP contribution < -0.4 is 0 Å². The minimum atomic E-state index is 0.871. The number of nitrogens with zero attached hydrogens (tertiary/aromatic N) is 3. The van der Waals surface area contributed by atoms with Gasteiger partial charge in [0.15, 0.2) is 0 Å². The first-order chi connectivity index (χ1) is 19.8. The molecule has 188 valence electrons. The number of para-hydroxylation sites is 2. The fourth-order valence-corrected chi connectivity index (χ4v) is 6.18. The van der Waals surface area contributed by atoms with Crippen LogP contribution in [0, 0.1) is 6.92 Å². The van der Waals surface area contributed by atoms with Crippen molar-refractivity contribution in [3.8, 4) is 28.2 Å². The molecule has 0 aliphatic heterocycles. The molecule has 0 radical (unpaired) electrons. The van der Waals surface area contributed by atoms with Crippen LogP contribution in [0.2, 0.25) is 0 Å². The maximum absolute atomic E-state index is 5.26. The third-order valence-corrected chi connectivity index (χ3v) is 7.92. The third kappa shape index (κ3) is 3.45. The van der Waals surface area contributed by atoms with E-state index in [-0.39, 0.29) is 0 Å². The zero-order valence-electron chi connectivity index (χ0n) is 22.0. The van der Waals surface area contributed by atoms with Crippen molar-refractivity contribution in [1.82, 2.24) is 14.5 Å². The second-order valence-electron chi connectivity index (χ2n) is 10.3. The average molecular weight is 512 g/mol. The molecule has 6 aromatic carbocycles. The first-order valence-corrected chi connectivity index (χ1v) is 13.6. The highest BCUT2D eigenvalue weighted by Crippen LogP contribution is 2.43. The molecule has 0 fully saturated rings. The Labute approximate surface area is 232 Å². The summed E-state index contributed by atoms with van der Waals surface area (Å²) in [6, 6.07) is 47.4. The van der Waals surface area contributed by atoms with E-state index in [9.17, 15) is 0 Å². The Balaban J connectivity index is 1.42. The first-order valence-electron chi connectivity index (χ1n) is 13.6. The molecule has 0 bridgehead atoms. The standard InChI is InChI=1S/C37H25N3/c1-24-38-32-17-8-9-19-34(32)40(24)35-20-10-18-33(39-35)37-30-15-6-4-13-28(30)36(29-14-5-7-16-31(29)37)27-22-21-25-11-2-3-12-26(25)23-27/h2-23H,1H3. The lowest BCUT2D eigenvalue weighted by molar-refractivity contribution is 0.959. The molecule has 2 heterocycles. The van der Waals surface area contributed by atoms with Gasteiger partial charge in [0.05, 0.1) is 16.7 Å². The monoisotopic (exact) mass is 511 g/mol. The van der Waals surface area contributed by atoms with Crippen LogP contribution in [-0.2, 0) is 0 Å². The SMILES string of the molecule is Cc1nc2ccccc2n1-c1cccc(-c2c3ccccc3c(-c3ccc4ccccc4c3)c3ccccc23)n1. The van der Waals surface area contributed by atoms with Gasteiger partial charge in [-0.2, -0.15) is 0 Å². The van der Waals surface area contributed by atoms with Gasteiger partial charge in [-0.3, -0.25) is 4.57 Å². The number of benzene rings is 6. The molecule has 2 aromatic heterocycles. The lowest BCUT2D eigenvalue weighted by Gasteiger charge is -2.18. The predicted octanol–water partition coefficient (Wildman–Crippen LogP) is 9.52. The Morgan fingerprint density at radius 3 is 1.88 bits per heavy atom. The number of pyridine rings is 1. The molecule has 0 saturated heterocycles. The van der Waals surface area contributed by atoms with E-state index in [0.717, 1.165) is 33.9 Å². The molecule has 0 amide bonds. The van der Waals surface area contributed by atoms with Crippen LogP contribution in [0.15, 0.2) is 133 Å². The minimum absolute atomic E-state index is 0.871. The number of fused-ring (bicyclic) bond motifs is 4. The van der Waals surface area contributed by atoms with E-state index in [4.69, 9.17) is 9.97 Å². The third-order valence-electron chi connectivity index (χ3n) is 7.92. The van der Waals surface area contributed by atoms with Gasteiger partial charge < -0.3 is 0 Å². The van der Waals surface area contributed by atoms with Gasteiger partial charge in [0.25, 0.3) is 0 Å². The Hall–Kier alpha value is -5.28. The number of hydrogen-bond acceptors (Lipinski definition) is 2. The van der Waals surface area contributed by atoms with Gasteiger partial charge >= 0.3 is 0 Å². The zero-order chi connectivity index (χ0) is 26.6. The molecule has 0 unspecified atom stereocenters. The molecule has 0 N–H and O–H groups in total. The van der Waals surface area contributed by atoms with Crippen molar-refractivity contribution >= 4 is 43.4 Å². The Kier molecular flexibility index (Phi) is 5.04. The molecule has 0 aliphatic rings. The smallest absolute Gasteiger partial charge is 0.139 e. The highest BCUT2D eigenvalue weighted by Gasteiger charge is 2.18. The van der Waals surface area contributed by atoms with Gasteiger partial charge in [-0.25, -0.2) is 9.97 Å². The van der Waals surface area contributed by atoms with Crippen molar-refractivity contribution in [1.29, 1.82) is 0 Å². The molecular weight excluding hydrogens is 486 g/mol. The van der Waals surface area contributed by atoms with E-state index < -0.39 is 0 Å². The van der Waals surface area contributed by atoms with Crippen LogP contribution in [0.4, 0.5) is 0 Å². The van der Waals surface area contributed by atoms with Gasteiger partial charge in [0.1, 0.15) is 11.6 Å². The van der Waals surface area contributed by atoms with Gasteiger partial charge in [-0.1, -0.05) is 103 Å². The number of aromatic nitrogens is 3. The Morgan fingerprint density at radius 1 is 0.500 bits per heavy atom. The minimum Gasteiger partial charge on any atom is -0.281 e. The summed E-state index contributed by atoms with van der Waals surface area (Å²) in [4.78, 5) is 10.0. The molecule has 3 nitrogen and oxygen atoms in total. The Bertz CT molecular complexity index is 2180. The molecule has 40 heavy (non-hydrogen) atoms. The van der Waals surface area contributed by atoms with E-state index in [1.165, 1.54) is 43.4 Å². The van der Waals surface area contributed by atoms with Crippen LogP contribution >= 0.6 is 0 Å². The summed E-state index contributed by atoms with van der Waals surface area (Å²) in [6.07, 6.45) is 0. The summed E-state index contributed by atoms with van der Waals surface area (Å²) in [5.74, 6) is 1.79. The quantitative estimate of drug-likeness (QED) is 0.221. The molecular formula is C37H25N3. The van der Waals surface area contributed by atoms with Crippen molar-refractivity contribution in [2.24, 2.45) is 0 Å². The van der Waals surface area contributed by atoms with Crippen LogP contribution in [-0.4, -0.2) is 14.5 Å². The van der Waals surface area contributed by atoms with Crippen LogP contribution in [0.3, 0.4) is 0 Å². The van der Waals surface area contributed by atoms with Crippen LogP contribution in [0.25, 0.3) is 71.6 Å². The number of aryl methyl sites for hydroxylation is 1. The lowest BCUT2D eigenvalue weighted by atomic mass is 9.87. The van der Waals surface area contributed by atoms with E-state index in [1.807, 2.05) is 13.0 Å². The normalized spacial score (nSPS) is 11.6. The molecule has 8 aromatic rings. The van der Waals surface area contributed by atoms with E-state index in [0.29, 0.717) is 0 Å². The summed E-state index contributed by atoms with van der Waals surface area (Å²) in [5.41, 5.74) is 6.62. The maximum atomic E-state index is 5.26. The lowest BCUT2D eigenvalue weighted by Crippen LogP contribution is -2.01. The molecule has 8 rings (SSSR count). The summed E-state index contributed by atoms with van der Waals surface area (Å²) >= 11 is 0. The predicted molar refractivity (Wildman–Crippen MR) is 167 cm³/mol. The Morgan fingerprint density at radius 2 is 1.12 bits per heavy atom. The van der Waals surface area contributed by atoms with E-state index in [2.05, 4.69) is 132 Å². The largest absolute Gasteiger partial charge is 0.281 e. The summed E-state index contributed by atoms with van der Waals surface area (Å²) in [7, 11) is 0. The van der Waals surface area contributed by atoms with Crippen LogP contribution in [0.5, 0.6) is 0 Å². The fraction of sp³-hybridized carbons (Fsp3) is 0.0270. The van der Waals surface area contributed by atoms with Crippen molar-refractivity contribution in [3.63, 3.8) is 0 Å². The highest BCUT2D eigenvalue weighted by molar-refractivity contribution is 6.21.